The van der Waals surface area contributed by atoms with Crippen LogP contribution in [0.15, 0.2) is 23.1 Å². The van der Waals surface area contributed by atoms with Gasteiger partial charge in [0.1, 0.15) is 0 Å². The van der Waals surface area contributed by atoms with Crippen molar-refractivity contribution < 1.29 is 9.69 Å². The minimum Gasteiger partial charge on any atom is -0.412 e. The van der Waals surface area contributed by atoms with Crippen LogP contribution in [0.2, 0.25) is 0 Å². The van der Waals surface area contributed by atoms with Crippen molar-refractivity contribution in [2.75, 3.05) is 18.6 Å². The summed E-state index contributed by atoms with van der Waals surface area (Å²) in [5.41, 5.74) is 2.17. The van der Waals surface area contributed by atoms with Crippen molar-refractivity contribution in [1.82, 2.24) is 0 Å². The van der Waals surface area contributed by atoms with Crippen LogP contribution in [0.3, 0.4) is 0 Å². The summed E-state index contributed by atoms with van der Waals surface area (Å²) < 4.78 is 11.2. The quantitative estimate of drug-likeness (QED) is 0.813. The molecule has 1 aromatic rings. The highest BCUT2D eigenvalue weighted by atomic mass is 32.2. The van der Waals surface area contributed by atoms with Crippen molar-refractivity contribution in [3.05, 3.63) is 23.8 Å². The average Bonchev–Trinajstić information content (AvgIpc) is 2.30. The molecule has 0 amide bonds. The minimum absolute atomic E-state index is 0. The first-order chi connectivity index (χ1) is 7.56. The third-order valence-electron chi connectivity index (χ3n) is 2.00. The Hall–Kier alpha value is -1.20. The van der Waals surface area contributed by atoms with E-state index in [0.29, 0.717) is 5.71 Å². The molecule has 4 nitrogen and oxygen atoms in total. The molecule has 0 heterocycles. The number of anilines is 1. The lowest BCUT2D eigenvalue weighted by molar-refractivity contribution is 0.687. The lowest BCUT2D eigenvalue weighted by Crippen LogP contribution is -2.01. The molecular weight excluding hydrogens is 236 g/mol. The van der Waals surface area contributed by atoms with Crippen LogP contribution in [0.25, 0.3) is 0 Å². The first kappa shape index (κ1) is 18.2. The van der Waals surface area contributed by atoms with E-state index in [4.69, 9.17) is 5.41 Å². The number of benzene rings is 1. The fourth-order valence-corrected chi connectivity index (χ4v) is 1.77. The van der Waals surface area contributed by atoms with E-state index in [0.717, 1.165) is 16.1 Å². The standard InChI is InChI=1S/C10H14N2OS.C2H6.H2O/c1-7(11)9-6-8(14(3)13)4-5-10(9)12-2;1-2;/h4-6,11-12H,1-3H3;1-2H3;1H2. The molecule has 0 fully saturated rings. The molecule has 1 unspecified atom stereocenters. The maximum Gasteiger partial charge on any atom is 0.0498 e. The summed E-state index contributed by atoms with van der Waals surface area (Å²) >= 11 is 0. The molecule has 1 atom stereocenters. The van der Waals surface area contributed by atoms with Crippen molar-refractivity contribution in [1.29, 1.82) is 5.41 Å². The summed E-state index contributed by atoms with van der Waals surface area (Å²) in [5, 5.41) is 10.6. The third-order valence-corrected chi connectivity index (χ3v) is 2.91. The maximum atomic E-state index is 11.2. The molecule has 5 heteroatoms. The van der Waals surface area contributed by atoms with E-state index in [1.165, 1.54) is 0 Å². The minimum atomic E-state index is -0.990. The van der Waals surface area contributed by atoms with Gasteiger partial charge in [0.2, 0.25) is 0 Å². The summed E-state index contributed by atoms with van der Waals surface area (Å²) in [6.07, 6.45) is 1.64. The Kier molecular flexibility index (Phi) is 9.51. The van der Waals surface area contributed by atoms with Crippen LogP contribution in [-0.4, -0.2) is 28.7 Å². The van der Waals surface area contributed by atoms with E-state index < -0.39 is 10.8 Å². The molecule has 0 saturated carbocycles. The van der Waals surface area contributed by atoms with E-state index in [1.807, 2.05) is 33.0 Å². The predicted octanol–water partition coefficient (Wildman–Crippen LogP) is 2.05. The Bertz CT molecular complexity index is 392. The van der Waals surface area contributed by atoms with E-state index in [-0.39, 0.29) is 5.48 Å². The third kappa shape index (κ3) is 5.10. The Morgan fingerprint density at radius 3 is 2.24 bits per heavy atom. The maximum absolute atomic E-state index is 11.2. The lowest BCUT2D eigenvalue weighted by atomic mass is 10.1. The molecule has 0 aliphatic rings. The Morgan fingerprint density at radius 2 is 1.88 bits per heavy atom. The topological polar surface area (TPSA) is 84.5 Å². The molecule has 0 aliphatic carbocycles. The summed E-state index contributed by atoms with van der Waals surface area (Å²) in [4.78, 5) is 0.755. The fraction of sp³-hybridized carbons (Fsp3) is 0.417. The predicted molar refractivity (Wildman–Crippen MR) is 75.8 cm³/mol. The molecule has 1 aromatic carbocycles. The largest absolute Gasteiger partial charge is 0.412 e. The van der Waals surface area contributed by atoms with Gasteiger partial charge in [-0.05, 0) is 25.1 Å². The fourth-order valence-electron chi connectivity index (χ4n) is 1.23. The first-order valence-electron chi connectivity index (χ1n) is 5.27. The van der Waals surface area contributed by atoms with Gasteiger partial charge in [0.15, 0.2) is 0 Å². The highest BCUT2D eigenvalue weighted by Crippen LogP contribution is 2.19. The van der Waals surface area contributed by atoms with Crippen molar-refractivity contribution in [3.8, 4) is 0 Å². The van der Waals surface area contributed by atoms with Gasteiger partial charge < -0.3 is 16.2 Å². The average molecular weight is 258 g/mol. The second-order valence-electron chi connectivity index (χ2n) is 3.04. The lowest BCUT2D eigenvalue weighted by Gasteiger charge is -2.08. The van der Waals surface area contributed by atoms with E-state index in [2.05, 4.69) is 5.32 Å². The van der Waals surface area contributed by atoms with Crippen LogP contribution in [0.1, 0.15) is 26.3 Å². The normalized spacial score (nSPS) is 10.4. The van der Waals surface area contributed by atoms with Crippen molar-refractivity contribution in [2.45, 2.75) is 25.7 Å². The van der Waals surface area contributed by atoms with Crippen LogP contribution < -0.4 is 5.32 Å². The van der Waals surface area contributed by atoms with Crippen LogP contribution in [0, 0.1) is 5.41 Å². The molecular formula is C12H22N2O2S. The second-order valence-corrected chi connectivity index (χ2v) is 4.42. The zero-order valence-electron chi connectivity index (χ0n) is 11.0. The highest BCUT2D eigenvalue weighted by Gasteiger charge is 2.06. The van der Waals surface area contributed by atoms with Gasteiger partial charge in [0, 0.05) is 46.0 Å². The summed E-state index contributed by atoms with van der Waals surface area (Å²) in [5.74, 6) is 0. The number of nitrogens with one attached hydrogen (secondary N) is 2. The summed E-state index contributed by atoms with van der Waals surface area (Å²) in [7, 11) is 0.819. The molecule has 0 aromatic heterocycles. The number of hydrogen-bond donors (Lipinski definition) is 2. The van der Waals surface area contributed by atoms with Crippen LogP contribution >= 0.6 is 0 Å². The van der Waals surface area contributed by atoms with Gasteiger partial charge in [0.05, 0.1) is 0 Å². The van der Waals surface area contributed by atoms with Gasteiger partial charge in [-0.2, -0.15) is 0 Å². The zero-order chi connectivity index (χ0) is 12.7. The highest BCUT2D eigenvalue weighted by molar-refractivity contribution is 7.84. The zero-order valence-corrected chi connectivity index (χ0v) is 11.9. The van der Waals surface area contributed by atoms with Crippen molar-refractivity contribution in [2.24, 2.45) is 0 Å². The Balaban J connectivity index is 0. The molecule has 0 aliphatic heterocycles. The van der Waals surface area contributed by atoms with Gasteiger partial charge >= 0.3 is 0 Å². The molecule has 1 rings (SSSR count). The Morgan fingerprint density at radius 1 is 1.35 bits per heavy atom. The van der Waals surface area contributed by atoms with Gasteiger partial charge in [0.25, 0.3) is 0 Å². The van der Waals surface area contributed by atoms with E-state index in [1.54, 1.807) is 19.2 Å². The number of hydrogen-bond acceptors (Lipinski definition) is 3. The second kappa shape index (κ2) is 8.90. The first-order valence-corrected chi connectivity index (χ1v) is 6.83. The SMILES string of the molecule is CC.CNc1ccc(S(C)=O)cc1C(C)=N.O. The number of rotatable bonds is 3. The van der Waals surface area contributed by atoms with Gasteiger partial charge in [-0.25, -0.2) is 0 Å². The monoisotopic (exact) mass is 258 g/mol. The smallest absolute Gasteiger partial charge is 0.0498 e. The molecule has 17 heavy (non-hydrogen) atoms. The van der Waals surface area contributed by atoms with Crippen LogP contribution in [-0.2, 0) is 10.8 Å². The molecule has 0 bridgehead atoms. The summed E-state index contributed by atoms with van der Waals surface area (Å²) in [6, 6.07) is 5.46. The van der Waals surface area contributed by atoms with Gasteiger partial charge in [-0.15, -0.1) is 0 Å². The van der Waals surface area contributed by atoms with Crippen LogP contribution in [0.4, 0.5) is 5.69 Å². The van der Waals surface area contributed by atoms with E-state index >= 15 is 0 Å². The molecule has 0 radical (unpaired) electrons. The molecule has 0 saturated heterocycles. The van der Waals surface area contributed by atoms with Gasteiger partial charge in [-0.1, -0.05) is 13.8 Å². The van der Waals surface area contributed by atoms with Crippen molar-refractivity contribution in [3.63, 3.8) is 0 Å². The van der Waals surface area contributed by atoms with Gasteiger partial charge in [-0.3, -0.25) is 4.21 Å². The molecule has 4 N–H and O–H groups in total. The molecule has 98 valence electrons. The van der Waals surface area contributed by atoms with Crippen LogP contribution in [0.5, 0.6) is 0 Å². The van der Waals surface area contributed by atoms with E-state index in [9.17, 15) is 4.21 Å². The van der Waals surface area contributed by atoms with Crippen molar-refractivity contribution >= 4 is 22.2 Å². The Labute approximate surface area is 106 Å². The molecule has 0 spiro atoms. The summed E-state index contributed by atoms with van der Waals surface area (Å²) in [6.45, 7) is 5.72.